The van der Waals surface area contributed by atoms with E-state index in [1.165, 1.54) is 0 Å². The van der Waals surface area contributed by atoms with E-state index in [1.807, 2.05) is 24.3 Å². The molecule has 2 atom stereocenters. The van der Waals surface area contributed by atoms with Crippen molar-refractivity contribution in [2.24, 2.45) is 0 Å². The molecule has 3 saturated heterocycles. The molecule has 1 N–H and O–H groups in total. The first-order valence-corrected chi connectivity index (χ1v) is 12.9. The minimum Gasteiger partial charge on any atom is -0.371 e. The van der Waals surface area contributed by atoms with Crippen LogP contribution in [0.1, 0.15) is 36.0 Å². The van der Waals surface area contributed by atoms with Crippen molar-refractivity contribution in [3.05, 3.63) is 42.0 Å². The number of fused-ring (bicyclic) bond motifs is 3. The van der Waals surface area contributed by atoms with Crippen molar-refractivity contribution < 1.29 is 14.3 Å². The average Bonchev–Trinajstić information content (AvgIpc) is 3.58. The molecule has 9 nitrogen and oxygen atoms in total. The lowest BCUT2D eigenvalue weighted by molar-refractivity contribution is 0.0201. The van der Waals surface area contributed by atoms with Gasteiger partial charge in [-0.15, -0.1) is 0 Å². The largest absolute Gasteiger partial charge is 0.371 e. The molecule has 2 bridgehead atoms. The Labute approximate surface area is 209 Å². The number of carbonyl (C=O) groups excluding carboxylic acids is 1. The van der Waals surface area contributed by atoms with E-state index in [0.29, 0.717) is 17.8 Å². The minimum absolute atomic E-state index is 0.0234. The summed E-state index contributed by atoms with van der Waals surface area (Å²) in [5.41, 5.74) is 2.92. The van der Waals surface area contributed by atoms with Gasteiger partial charge in [0.1, 0.15) is 5.82 Å². The van der Waals surface area contributed by atoms with Crippen LogP contribution < -0.4 is 15.1 Å². The normalized spacial score (nSPS) is 24.4. The number of pyridine rings is 1. The lowest BCUT2D eigenvalue weighted by Gasteiger charge is -2.36. The van der Waals surface area contributed by atoms with Gasteiger partial charge in [-0.05, 0) is 49.9 Å². The molecule has 1 aliphatic carbocycles. The first-order chi connectivity index (χ1) is 17.6. The highest BCUT2D eigenvalue weighted by Crippen LogP contribution is 2.43. The maximum atomic E-state index is 12.2. The van der Waals surface area contributed by atoms with E-state index in [4.69, 9.17) is 24.4 Å². The van der Waals surface area contributed by atoms with E-state index in [1.54, 1.807) is 13.1 Å². The Hall–Kier alpha value is -3.30. The molecule has 3 aliphatic heterocycles. The maximum absolute atomic E-state index is 12.2. The van der Waals surface area contributed by atoms with E-state index in [9.17, 15) is 4.79 Å². The summed E-state index contributed by atoms with van der Waals surface area (Å²) in [5, 5.41) is 3.63. The molecule has 2 aromatic heterocycles. The van der Waals surface area contributed by atoms with Crippen molar-refractivity contribution in [1.29, 1.82) is 0 Å². The number of amides is 1. The van der Waals surface area contributed by atoms with Crippen LogP contribution in [-0.4, -0.2) is 78.5 Å². The smallest absolute Gasteiger partial charge is 0.251 e. The van der Waals surface area contributed by atoms with Crippen LogP contribution in [-0.2, 0) is 9.47 Å². The lowest BCUT2D eigenvalue weighted by Crippen LogP contribution is -2.45. The molecule has 2 unspecified atom stereocenters. The molecule has 4 fully saturated rings. The van der Waals surface area contributed by atoms with Crippen LogP contribution in [0.4, 0.5) is 11.8 Å². The van der Waals surface area contributed by atoms with Crippen LogP contribution in [0.3, 0.4) is 0 Å². The summed E-state index contributed by atoms with van der Waals surface area (Å²) in [6.45, 7) is 3.96. The number of morpholine rings is 2. The minimum atomic E-state index is -0.118. The van der Waals surface area contributed by atoms with Gasteiger partial charge in [0.25, 0.3) is 5.91 Å². The summed E-state index contributed by atoms with van der Waals surface area (Å²) in [5.74, 6) is 1.53. The standard InChI is InChI=1S/C27H30N6O3/c1-28-25(34)18-4-2-3-17(13-18)22-8-7-21-23(29-22)30-26(32-11-12-35-27(16-32)9-10-27)31-24(21)33-14-19-5-6-20(15-33)36-19/h2-4,7-8,13,19-20H,5-6,9-12,14-16H2,1H3,(H,28,34). The van der Waals surface area contributed by atoms with Gasteiger partial charge in [-0.3, -0.25) is 4.79 Å². The van der Waals surface area contributed by atoms with Gasteiger partial charge in [-0.25, -0.2) is 4.98 Å². The monoisotopic (exact) mass is 486 g/mol. The summed E-state index contributed by atoms with van der Waals surface area (Å²) < 4.78 is 12.1. The molecule has 1 amide bonds. The molecule has 36 heavy (non-hydrogen) atoms. The predicted molar refractivity (Wildman–Crippen MR) is 136 cm³/mol. The number of nitrogens with one attached hydrogen (secondary N) is 1. The fraction of sp³-hybridized carbons (Fsp3) is 0.481. The topological polar surface area (TPSA) is 92.7 Å². The van der Waals surface area contributed by atoms with Crippen LogP contribution in [0.5, 0.6) is 0 Å². The highest BCUT2D eigenvalue weighted by molar-refractivity contribution is 5.95. The fourth-order valence-electron chi connectivity index (χ4n) is 5.74. The van der Waals surface area contributed by atoms with Crippen LogP contribution >= 0.6 is 0 Å². The zero-order valence-corrected chi connectivity index (χ0v) is 20.4. The van der Waals surface area contributed by atoms with E-state index >= 15 is 0 Å². The second kappa shape index (κ2) is 8.38. The summed E-state index contributed by atoms with van der Waals surface area (Å²) in [6.07, 6.45) is 4.92. The Morgan fingerprint density at radius 3 is 2.67 bits per heavy atom. The van der Waals surface area contributed by atoms with Crippen LogP contribution in [0.2, 0.25) is 0 Å². The van der Waals surface area contributed by atoms with E-state index in [0.717, 1.165) is 80.3 Å². The Bertz CT molecular complexity index is 1330. The van der Waals surface area contributed by atoms with Crippen molar-refractivity contribution in [3.8, 4) is 11.3 Å². The van der Waals surface area contributed by atoms with Crippen LogP contribution in [0.15, 0.2) is 36.4 Å². The molecule has 3 aromatic rings. The average molecular weight is 487 g/mol. The number of carbonyl (C=O) groups is 1. The SMILES string of the molecule is CNC(=O)c1cccc(-c2ccc3c(N4CC5CCC(C4)O5)nc(N4CCOC5(CC5)C4)nc3n2)c1. The van der Waals surface area contributed by atoms with Gasteiger partial charge in [0.15, 0.2) is 5.65 Å². The van der Waals surface area contributed by atoms with E-state index < -0.39 is 0 Å². The molecule has 5 heterocycles. The number of rotatable bonds is 4. The quantitative estimate of drug-likeness (QED) is 0.602. The zero-order chi connectivity index (χ0) is 24.3. The first-order valence-electron chi connectivity index (χ1n) is 12.9. The molecule has 1 spiro atoms. The fourth-order valence-corrected chi connectivity index (χ4v) is 5.74. The molecule has 186 valence electrons. The summed E-state index contributed by atoms with van der Waals surface area (Å²) >= 11 is 0. The van der Waals surface area contributed by atoms with Crippen molar-refractivity contribution in [2.45, 2.75) is 43.5 Å². The van der Waals surface area contributed by atoms with E-state index in [2.05, 4.69) is 21.2 Å². The third-order valence-corrected chi connectivity index (χ3v) is 7.86. The lowest BCUT2D eigenvalue weighted by atomic mass is 10.1. The molecule has 4 aliphatic rings. The van der Waals surface area contributed by atoms with Gasteiger partial charge >= 0.3 is 0 Å². The molecule has 7 rings (SSSR count). The molecule has 1 saturated carbocycles. The number of hydrogen-bond donors (Lipinski definition) is 1. The summed E-state index contributed by atoms with van der Waals surface area (Å²) in [4.78, 5) is 31.9. The number of aromatic nitrogens is 3. The number of anilines is 2. The third kappa shape index (κ3) is 3.87. The molecular weight excluding hydrogens is 456 g/mol. The molecular formula is C27H30N6O3. The Balaban J connectivity index is 1.32. The Morgan fingerprint density at radius 1 is 1.06 bits per heavy atom. The third-order valence-electron chi connectivity index (χ3n) is 7.86. The van der Waals surface area contributed by atoms with Gasteiger partial charge in [-0.2, -0.15) is 9.97 Å². The molecule has 0 radical (unpaired) electrons. The summed E-state index contributed by atoms with van der Waals surface area (Å²) in [6, 6.07) is 11.6. The predicted octanol–water partition coefficient (Wildman–Crippen LogP) is 2.79. The second-order valence-electron chi connectivity index (χ2n) is 10.4. The van der Waals surface area contributed by atoms with Crippen molar-refractivity contribution in [2.75, 3.05) is 49.6 Å². The number of nitrogens with zero attached hydrogens (tertiary/aromatic N) is 5. The zero-order valence-electron chi connectivity index (χ0n) is 20.4. The second-order valence-corrected chi connectivity index (χ2v) is 10.4. The van der Waals surface area contributed by atoms with Crippen molar-refractivity contribution in [1.82, 2.24) is 20.3 Å². The number of benzene rings is 1. The van der Waals surface area contributed by atoms with Gasteiger partial charge in [0.05, 0.1) is 35.5 Å². The number of hydrogen-bond acceptors (Lipinski definition) is 8. The molecule has 1 aromatic carbocycles. The summed E-state index contributed by atoms with van der Waals surface area (Å²) in [7, 11) is 1.64. The highest BCUT2D eigenvalue weighted by Gasteiger charge is 2.48. The van der Waals surface area contributed by atoms with E-state index in [-0.39, 0.29) is 23.7 Å². The van der Waals surface area contributed by atoms with Crippen molar-refractivity contribution >= 4 is 28.7 Å². The van der Waals surface area contributed by atoms with Gasteiger partial charge in [0, 0.05) is 44.4 Å². The Morgan fingerprint density at radius 2 is 1.89 bits per heavy atom. The van der Waals surface area contributed by atoms with Crippen molar-refractivity contribution in [3.63, 3.8) is 0 Å². The first kappa shape index (κ1) is 21.9. The Kier molecular flexibility index (Phi) is 5.11. The highest BCUT2D eigenvalue weighted by atomic mass is 16.5. The maximum Gasteiger partial charge on any atom is 0.251 e. The van der Waals surface area contributed by atoms with Gasteiger partial charge < -0.3 is 24.6 Å². The van der Waals surface area contributed by atoms with Gasteiger partial charge in [-0.1, -0.05) is 12.1 Å². The van der Waals surface area contributed by atoms with Gasteiger partial charge in [0.2, 0.25) is 5.95 Å². The van der Waals surface area contributed by atoms with Crippen LogP contribution in [0, 0.1) is 0 Å². The van der Waals surface area contributed by atoms with Crippen LogP contribution in [0.25, 0.3) is 22.3 Å². The number of ether oxygens (including phenoxy) is 2. The molecule has 9 heteroatoms.